The van der Waals surface area contributed by atoms with E-state index in [4.69, 9.17) is 32.5 Å². The van der Waals surface area contributed by atoms with Crippen molar-refractivity contribution in [2.75, 3.05) is 40.6 Å². The molecule has 6 atom stereocenters. The zero-order chi connectivity index (χ0) is 26.1. The fraction of sp³-hybridized carbons (Fsp3) is 0.840. The molecule has 0 amide bonds. The Morgan fingerprint density at radius 3 is 2.26 bits per heavy atom. The van der Waals surface area contributed by atoms with Gasteiger partial charge in [0, 0.05) is 26.7 Å². The van der Waals surface area contributed by atoms with Crippen LogP contribution in [0.4, 0.5) is 0 Å². The summed E-state index contributed by atoms with van der Waals surface area (Å²) < 4.78 is 52.8. The molecule has 0 aromatic rings. The van der Waals surface area contributed by atoms with Gasteiger partial charge in [0.25, 0.3) is 0 Å². The highest BCUT2D eigenvalue weighted by Gasteiger charge is 2.48. The number of phosphoric acid groups is 1. The van der Waals surface area contributed by atoms with E-state index in [2.05, 4.69) is 20.1 Å². The van der Waals surface area contributed by atoms with Gasteiger partial charge in [-0.25, -0.2) is 4.57 Å². The number of unbranched alkanes of at least 4 members (excludes halogenated alkanes) is 4. The van der Waals surface area contributed by atoms with Crippen LogP contribution < -0.4 is 0 Å². The summed E-state index contributed by atoms with van der Waals surface area (Å²) in [6.45, 7) is 11.6. The van der Waals surface area contributed by atoms with Gasteiger partial charge >= 0.3 is 7.82 Å². The molecule has 0 bridgehead atoms. The maximum absolute atomic E-state index is 13.3. The molecule has 0 aromatic carbocycles. The van der Waals surface area contributed by atoms with E-state index in [-0.39, 0.29) is 25.9 Å². The molecule has 0 radical (unpaired) electrons. The minimum absolute atomic E-state index is 0.0333. The number of methoxy groups -OCH3 is 2. The summed E-state index contributed by atoms with van der Waals surface area (Å²) >= 11 is 0. The molecule has 0 aliphatic carbocycles. The fourth-order valence-electron chi connectivity index (χ4n) is 3.95. The molecule has 1 aliphatic rings. The first-order valence-electron chi connectivity index (χ1n) is 12.6. The second-order valence-corrected chi connectivity index (χ2v) is 10.4. The molecule has 35 heavy (non-hydrogen) atoms. The van der Waals surface area contributed by atoms with Crippen LogP contribution in [0, 0.1) is 5.92 Å². The molecule has 0 aromatic heterocycles. The van der Waals surface area contributed by atoms with E-state index in [1.165, 1.54) is 44.9 Å². The van der Waals surface area contributed by atoms with E-state index in [0.717, 1.165) is 12.8 Å². The van der Waals surface area contributed by atoms with Gasteiger partial charge in [0.05, 0.1) is 32.0 Å². The SMILES string of the molecule is C=CCOP(=O)(OCC=C)O[C@H]1[C@H](OCC[C@@H](CCCCCCC)OC)[C@@H](C)C(O)O[C@@H]1COC. The van der Waals surface area contributed by atoms with Crippen molar-refractivity contribution < 1.29 is 42.2 Å². The van der Waals surface area contributed by atoms with E-state index in [0.29, 0.717) is 13.0 Å². The Kier molecular flexibility index (Phi) is 17.2. The predicted octanol–water partition coefficient (Wildman–Crippen LogP) is 5.04. The molecule has 9 nitrogen and oxygen atoms in total. The highest BCUT2D eigenvalue weighted by atomic mass is 31.2. The van der Waals surface area contributed by atoms with Gasteiger partial charge in [-0.2, -0.15) is 0 Å². The van der Waals surface area contributed by atoms with Gasteiger partial charge in [-0.3, -0.25) is 13.6 Å². The molecule has 206 valence electrons. The van der Waals surface area contributed by atoms with Gasteiger partial charge in [-0.1, -0.05) is 58.1 Å². The summed E-state index contributed by atoms with van der Waals surface area (Å²) in [5, 5.41) is 10.5. The number of aliphatic hydroxyl groups is 1. The van der Waals surface area contributed by atoms with Crippen molar-refractivity contribution in [1.29, 1.82) is 0 Å². The van der Waals surface area contributed by atoms with Gasteiger partial charge in [-0.15, -0.1) is 13.2 Å². The molecule has 1 heterocycles. The maximum Gasteiger partial charge on any atom is 0.475 e. The zero-order valence-electron chi connectivity index (χ0n) is 22.0. The van der Waals surface area contributed by atoms with E-state index in [9.17, 15) is 9.67 Å². The van der Waals surface area contributed by atoms with E-state index in [1.54, 1.807) is 14.0 Å². The predicted molar refractivity (Wildman–Crippen MR) is 135 cm³/mol. The second kappa shape index (κ2) is 18.6. The Labute approximate surface area is 211 Å². The van der Waals surface area contributed by atoms with Crippen molar-refractivity contribution in [3.05, 3.63) is 25.3 Å². The molecule has 1 unspecified atom stereocenters. The lowest BCUT2D eigenvalue weighted by Gasteiger charge is -2.44. The fourth-order valence-corrected chi connectivity index (χ4v) is 5.28. The second-order valence-electron chi connectivity index (χ2n) is 8.75. The zero-order valence-corrected chi connectivity index (χ0v) is 22.9. The summed E-state index contributed by atoms with van der Waals surface area (Å²) in [7, 11) is -0.794. The third kappa shape index (κ3) is 12.0. The smallest absolute Gasteiger partial charge is 0.382 e. The van der Waals surface area contributed by atoms with Gasteiger partial charge < -0.3 is 24.1 Å². The van der Waals surface area contributed by atoms with Crippen LogP contribution in [-0.2, 0) is 37.1 Å². The topological polar surface area (TPSA) is 102 Å². The molecule has 1 aliphatic heterocycles. The van der Waals surface area contributed by atoms with Gasteiger partial charge in [0.1, 0.15) is 12.2 Å². The van der Waals surface area contributed by atoms with Crippen LogP contribution in [0.1, 0.15) is 58.8 Å². The quantitative estimate of drug-likeness (QED) is 0.126. The standard InChI is InChI=1S/C25H47O9P/c1-7-10-11-12-13-14-21(29-6)15-18-30-23-20(4)25(26)33-22(19-28-5)24(23)34-35(27,31-16-8-2)32-17-9-3/h8-9,20-26H,2-3,7,10-19H2,1,4-6H3/t20-,21-,22-,23-,24-,25?/m1/s1. The van der Waals surface area contributed by atoms with Crippen molar-refractivity contribution in [1.82, 2.24) is 0 Å². The lowest BCUT2D eigenvalue weighted by molar-refractivity contribution is -0.273. The van der Waals surface area contributed by atoms with Crippen molar-refractivity contribution in [3.8, 4) is 0 Å². The van der Waals surface area contributed by atoms with Crippen molar-refractivity contribution in [2.45, 2.75) is 89.5 Å². The molecule has 0 saturated carbocycles. The summed E-state index contributed by atoms with van der Waals surface area (Å²) in [4.78, 5) is 0. The Bertz CT molecular complexity index is 602. The maximum atomic E-state index is 13.3. The Hall–Kier alpha value is -0.610. The van der Waals surface area contributed by atoms with Gasteiger partial charge in [0.2, 0.25) is 0 Å². The van der Waals surface area contributed by atoms with Crippen LogP contribution in [0.25, 0.3) is 0 Å². The number of rotatable bonds is 21. The van der Waals surface area contributed by atoms with Gasteiger partial charge in [0.15, 0.2) is 6.29 Å². The van der Waals surface area contributed by atoms with E-state index < -0.39 is 38.3 Å². The van der Waals surface area contributed by atoms with E-state index >= 15 is 0 Å². The minimum Gasteiger partial charge on any atom is -0.382 e. The Morgan fingerprint density at radius 1 is 1.03 bits per heavy atom. The largest absolute Gasteiger partial charge is 0.475 e. The van der Waals surface area contributed by atoms with Crippen LogP contribution in [0.3, 0.4) is 0 Å². The summed E-state index contributed by atoms with van der Waals surface area (Å²) in [5.74, 6) is -0.463. The average Bonchev–Trinajstić information content (AvgIpc) is 2.85. The van der Waals surface area contributed by atoms with Crippen LogP contribution >= 0.6 is 7.82 Å². The number of phosphoric ester groups is 1. The number of hydrogen-bond acceptors (Lipinski definition) is 9. The summed E-state index contributed by atoms with van der Waals surface area (Å²) in [6, 6.07) is 0. The summed E-state index contributed by atoms with van der Waals surface area (Å²) in [5.41, 5.74) is 0. The minimum atomic E-state index is -4.01. The van der Waals surface area contributed by atoms with Gasteiger partial charge in [-0.05, 0) is 12.8 Å². The molecular formula is C25H47O9P. The van der Waals surface area contributed by atoms with Crippen LogP contribution in [0.2, 0.25) is 0 Å². The first kappa shape index (κ1) is 32.4. The molecule has 1 saturated heterocycles. The normalized spacial score (nSPS) is 25.9. The van der Waals surface area contributed by atoms with Crippen molar-refractivity contribution >= 4 is 7.82 Å². The summed E-state index contributed by atoms with van der Waals surface area (Å²) in [6.07, 6.45) is 7.26. The van der Waals surface area contributed by atoms with Crippen molar-refractivity contribution in [2.24, 2.45) is 5.92 Å². The third-order valence-corrected chi connectivity index (χ3v) is 7.40. The monoisotopic (exact) mass is 522 g/mol. The van der Waals surface area contributed by atoms with Crippen LogP contribution in [0.15, 0.2) is 25.3 Å². The lowest BCUT2D eigenvalue weighted by Crippen LogP contribution is -2.56. The molecule has 10 heteroatoms. The molecule has 0 spiro atoms. The number of hydrogen-bond donors (Lipinski definition) is 1. The first-order chi connectivity index (χ1) is 16.9. The lowest BCUT2D eigenvalue weighted by atomic mass is 9.92. The first-order valence-corrected chi connectivity index (χ1v) is 14.1. The number of aliphatic hydroxyl groups excluding tert-OH is 1. The Morgan fingerprint density at radius 2 is 1.69 bits per heavy atom. The molecule has 1 fully saturated rings. The third-order valence-electron chi connectivity index (χ3n) is 5.97. The Balaban J connectivity index is 2.89. The average molecular weight is 523 g/mol. The highest BCUT2D eigenvalue weighted by molar-refractivity contribution is 7.48. The van der Waals surface area contributed by atoms with Crippen molar-refractivity contribution in [3.63, 3.8) is 0 Å². The van der Waals surface area contributed by atoms with Crippen LogP contribution in [0.5, 0.6) is 0 Å². The molecule has 1 N–H and O–H groups in total. The van der Waals surface area contributed by atoms with E-state index in [1.807, 2.05) is 0 Å². The molecular weight excluding hydrogens is 475 g/mol. The highest BCUT2D eigenvalue weighted by Crippen LogP contribution is 2.52. The number of ether oxygens (including phenoxy) is 4. The van der Waals surface area contributed by atoms with Crippen LogP contribution in [-0.4, -0.2) is 76.5 Å². The molecule has 1 rings (SSSR count).